The molecule has 40 heavy (non-hydrogen) atoms. The van der Waals surface area contributed by atoms with E-state index in [0.717, 1.165) is 35.4 Å². The molecule has 0 atom stereocenters. The maximum absolute atomic E-state index is 13.2. The first-order valence-corrected chi connectivity index (χ1v) is 14.0. The highest BCUT2D eigenvalue weighted by molar-refractivity contribution is 6.30. The lowest BCUT2D eigenvalue weighted by atomic mass is 10.1. The van der Waals surface area contributed by atoms with E-state index in [9.17, 15) is 9.59 Å². The molecule has 0 bridgehead atoms. The van der Waals surface area contributed by atoms with E-state index in [0.29, 0.717) is 33.9 Å². The van der Waals surface area contributed by atoms with E-state index in [1.54, 1.807) is 31.2 Å². The number of carbonyl (C=O) groups is 2. The van der Waals surface area contributed by atoms with Crippen molar-refractivity contribution in [1.29, 1.82) is 0 Å². The molecule has 1 aromatic heterocycles. The normalized spacial score (nSPS) is 11.2. The topological polar surface area (TPSA) is 75.6 Å². The molecule has 0 radical (unpaired) electrons. The lowest BCUT2D eigenvalue weighted by Crippen LogP contribution is -2.32. The molecule has 0 aliphatic heterocycles. The fourth-order valence-corrected chi connectivity index (χ4v) is 4.92. The molecule has 3 aromatic carbocycles. The second-order valence-electron chi connectivity index (χ2n) is 10.6. The van der Waals surface area contributed by atoms with Crippen molar-refractivity contribution in [3.8, 4) is 5.69 Å². The van der Waals surface area contributed by atoms with Gasteiger partial charge in [-0.15, -0.1) is 0 Å². The van der Waals surface area contributed by atoms with Gasteiger partial charge < -0.3 is 24.8 Å². The maximum Gasteiger partial charge on any atom is 0.355 e. The standard InChI is InChI=1S/C32H37ClN4O3/c1-6-40-31(38)30-17-23-9-7-8-10-28(23)37(30)26-15-16-29(36(19-21(2)3)20-22(4)5)27(18-26)35-32(39)34-25-13-11-24(33)12-14-25/h7-18,21-22H,6,19-20H2,1-5H3,(H2,34,35,39). The summed E-state index contributed by atoms with van der Waals surface area (Å²) in [6, 6.07) is 22.1. The number of para-hydroxylation sites is 1. The van der Waals surface area contributed by atoms with Crippen LogP contribution in [0.2, 0.25) is 5.02 Å². The number of benzene rings is 3. The van der Waals surface area contributed by atoms with Crippen molar-refractivity contribution < 1.29 is 14.3 Å². The summed E-state index contributed by atoms with van der Waals surface area (Å²) in [5, 5.41) is 7.47. The Morgan fingerprint density at radius 3 is 2.23 bits per heavy atom. The zero-order chi connectivity index (χ0) is 28.8. The van der Waals surface area contributed by atoms with Gasteiger partial charge in [0.15, 0.2) is 0 Å². The first kappa shape index (κ1) is 29.0. The van der Waals surface area contributed by atoms with E-state index < -0.39 is 5.97 Å². The largest absolute Gasteiger partial charge is 0.461 e. The molecule has 210 valence electrons. The highest BCUT2D eigenvalue weighted by Crippen LogP contribution is 2.33. The lowest BCUT2D eigenvalue weighted by Gasteiger charge is -2.31. The lowest BCUT2D eigenvalue weighted by molar-refractivity contribution is 0.0517. The number of rotatable bonds is 10. The summed E-state index contributed by atoms with van der Waals surface area (Å²) in [4.78, 5) is 28.5. The van der Waals surface area contributed by atoms with E-state index >= 15 is 0 Å². The van der Waals surface area contributed by atoms with Gasteiger partial charge in [-0.25, -0.2) is 9.59 Å². The number of esters is 1. The molecule has 7 nitrogen and oxygen atoms in total. The number of amides is 2. The Hall–Kier alpha value is -3.97. The minimum Gasteiger partial charge on any atom is -0.461 e. The van der Waals surface area contributed by atoms with Crippen LogP contribution in [-0.2, 0) is 4.74 Å². The number of hydrogen-bond donors (Lipinski definition) is 2. The van der Waals surface area contributed by atoms with Gasteiger partial charge in [0, 0.05) is 34.9 Å². The van der Waals surface area contributed by atoms with E-state index in [4.69, 9.17) is 16.3 Å². The first-order chi connectivity index (χ1) is 19.2. The molecule has 0 saturated carbocycles. The van der Waals surface area contributed by atoms with Gasteiger partial charge in [0.1, 0.15) is 5.69 Å². The zero-order valence-electron chi connectivity index (χ0n) is 23.7. The van der Waals surface area contributed by atoms with Gasteiger partial charge in [-0.1, -0.05) is 57.5 Å². The molecule has 0 aliphatic carbocycles. The van der Waals surface area contributed by atoms with Gasteiger partial charge in [0.2, 0.25) is 0 Å². The Morgan fingerprint density at radius 1 is 0.900 bits per heavy atom. The van der Waals surface area contributed by atoms with Crippen molar-refractivity contribution in [2.75, 3.05) is 35.2 Å². The first-order valence-electron chi connectivity index (χ1n) is 13.7. The van der Waals surface area contributed by atoms with Crippen molar-refractivity contribution in [1.82, 2.24) is 4.57 Å². The number of nitrogens with one attached hydrogen (secondary N) is 2. The van der Waals surface area contributed by atoms with Gasteiger partial charge in [0.05, 0.1) is 23.5 Å². The monoisotopic (exact) mass is 560 g/mol. The van der Waals surface area contributed by atoms with Crippen LogP contribution in [0.25, 0.3) is 16.6 Å². The van der Waals surface area contributed by atoms with E-state index in [1.165, 1.54) is 0 Å². The molecule has 2 amide bonds. The third-order valence-electron chi connectivity index (χ3n) is 6.30. The van der Waals surface area contributed by atoms with Crippen LogP contribution in [0.4, 0.5) is 21.9 Å². The number of ether oxygens (including phenoxy) is 1. The fourth-order valence-electron chi connectivity index (χ4n) is 4.80. The van der Waals surface area contributed by atoms with E-state index in [-0.39, 0.29) is 12.6 Å². The Kier molecular flexibility index (Phi) is 9.38. The van der Waals surface area contributed by atoms with Gasteiger partial charge in [-0.05, 0) is 73.4 Å². The van der Waals surface area contributed by atoms with Crippen LogP contribution >= 0.6 is 11.6 Å². The predicted octanol–water partition coefficient (Wildman–Crippen LogP) is 8.22. The summed E-state index contributed by atoms with van der Waals surface area (Å²) in [5.74, 6) is 0.426. The molecule has 8 heteroatoms. The molecule has 0 fully saturated rings. The number of fused-ring (bicyclic) bond motifs is 1. The number of carbonyl (C=O) groups excluding carboxylic acids is 2. The van der Waals surface area contributed by atoms with Crippen LogP contribution in [0.1, 0.15) is 45.1 Å². The van der Waals surface area contributed by atoms with Crippen LogP contribution in [0.5, 0.6) is 0 Å². The smallest absolute Gasteiger partial charge is 0.355 e. The van der Waals surface area contributed by atoms with Gasteiger partial charge in [0.25, 0.3) is 0 Å². The molecule has 0 saturated heterocycles. The van der Waals surface area contributed by atoms with Crippen molar-refractivity contribution in [2.24, 2.45) is 11.8 Å². The average Bonchev–Trinajstić information content (AvgIpc) is 3.29. The number of hydrogen-bond acceptors (Lipinski definition) is 4. The molecule has 4 rings (SSSR count). The van der Waals surface area contributed by atoms with Crippen molar-refractivity contribution >= 4 is 51.6 Å². The maximum atomic E-state index is 13.2. The second kappa shape index (κ2) is 12.9. The van der Waals surface area contributed by atoms with Gasteiger partial charge >= 0.3 is 12.0 Å². The van der Waals surface area contributed by atoms with Crippen LogP contribution < -0.4 is 15.5 Å². The zero-order valence-corrected chi connectivity index (χ0v) is 24.5. The second-order valence-corrected chi connectivity index (χ2v) is 11.1. The molecule has 4 aromatic rings. The molecule has 0 spiro atoms. The molecule has 1 heterocycles. The minimum atomic E-state index is -0.404. The van der Waals surface area contributed by atoms with Crippen LogP contribution in [-0.4, -0.2) is 36.3 Å². The Labute approximate surface area is 241 Å². The summed E-state index contributed by atoms with van der Waals surface area (Å²) in [5.41, 5.74) is 4.21. The molecule has 0 aliphatic rings. The molecule has 0 unspecified atom stereocenters. The molecular formula is C32H37ClN4O3. The number of nitrogens with zero attached hydrogens (tertiary/aromatic N) is 2. The quantitative estimate of drug-likeness (QED) is 0.192. The third kappa shape index (κ3) is 6.96. The molecule has 2 N–H and O–H groups in total. The number of anilines is 3. The highest BCUT2D eigenvalue weighted by Gasteiger charge is 2.21. The minimum absolute atomic E-state index is 0.274. The Balaban J connectivity index is 1.82. The predicted molar refractivity (Wildman–Crippen MR) is 165 cm³/mol. The average molecular weight is 561 g/mol. The van der Waals surface area contributed by atoms with Gasteiger partial charge in [-0.3, -0.25) is 0 Å². The van der Waals surface area contributed by atoms with Crippen molar-refractivity contribution in [2.45, 2.75) is 34.6 Å². The fraction of sp³-hybridized carbons (Fsp3) is 0.312. The van der Waals surface area contributed by atoms with Gasteiger partial charge in [-0.2, -0.15) is 0 Å². The third-order valence-corrected chi connectivity index (χ3v) is 6.55. The van der Waals surface area contributed by atoms with E-state index in [1.807, 2.05) is 53.1 Å². The van der Waals surface area contributed by atoms with Crippen LogP contribution in [0.3, 0.4) is 0 Å². The molecular weight excluding hydrogens is 524 g/mol. The van der Waals surface area contributed by atoms with Crippen molar-refractivity contribution in [3.05, 3.63) is 83.5 Å². The SMILES string of the molecule is CCOC(=O)c1cc2ccccc2n1-c1ccc(N(CC(C)C)CC(C)C)c(NC(=O)Nc2ccc(Cl)cc2)c1. The number of urea groups is 1. The highest BCUT2D eigenvalue weighted by atomic mass is 35.5. The number of aromatic nitrogens is 1. The van der Waals surface area contributed by atoms with Crippen molar-refractivity contribution in [3.63, 3.8) is 0 Å². The van der Waals surface area contributed by atoms with E-state index in [2.05, 4.69) is 43.2 Å². The summed E-state index contributed by atoms with van der Waals surface area (Å²) in [7, 11) is 0. The summed E-state index contributed by atoms with van der Waals surface area (Å²) in [6.45, 7) is 12.4. The summed E-state index contributed by atoms with van der Waals surface area (Å²) >= 11 is 6.01. The van der Waals surface area contributed by atoms with Crippen LogP contribution in [0.15, 0.2) is 72.8 Å². The number of halogens is 1. The summed E-state index contributed by atoms with van der Waals surface area (Å²) in [6.07, 6.45) is 0. The Morgan fingerprint density at radius 2 is 1.57 bits per heavy atom. The van der Waals surface area contributed by atoms with Crippen LogP contribution in [0, 0.1) is 11.8 Å². The Bertz CT molecular complexity index is 1470. The summed E-state index contributed by atoms with van der Waals surface area (Å²) < 4.78 is 7.27.